The third kappa shape index (κ3) is 5.32. The summed E-state index contributed by atoms with van der Waals surface area (Å²) in [5.41, 5.74) is 2.68. The summed E-state index contributed by atoms with van der Waals surface area (Å²) in [5, 5.41) is 0.558. The minimum absolute atomic E-state index is 0.0553. The molecule has 3 rings (SSSR count). The van der Waals surface area contributed by atoms with Crippen LogP contribution in [0.3, 0.4) is 0 Å². The first-order valence-electron chi connectivity index (χ1n) is 9.42. The minimum Gasteiger partial charge on any atom is -0.338 e. The van der Waals surface area contributed by atoms with Crippen LogP contribution in [0.1, 0.15) is 25.5 Å². The molecule has 0 radical (unpaired) electrons. The lowest BCUT2D eigenvalue weighted by Gasteiger charge is -2.27. The second-order valence-electron chi connectivity index (χ2n) is 6.98. The zero-order valence-electron chi connectivity index (χ0n) is 16.2. The van der Waals surface area contributed by atoms with E-state index in [1.54, 1.807) is 4.90 Å². The number of nitrogens with zero attached hydrogens (tertiary/aromatic N) is 3. The fraction of sp³-hybridized carbons (Fsp3) is 0.450. The number of aryl methyl sites for hydroxylation is 1. The molecule has 150 valence electrons. The summed E-state index contributed by atoms with van der Waals surface area (Å²) in [6, 6.07) is 11.6. The Morgan fingerprint density at radius 2 is 2.00 bits per heavy atom. The molecule has 0 saturated carbocycles. The van der Waals surface area contributed by atoms with Gasteiger partial charge in [0.05, 0.1) is 23.0 Å². The van der Waals surface area contributed by atoms with Crippen LogP contribution in [-0.2, 0) is 14.6 Å². The lowest BCUT2D eigenvalue weighted by molar-refractivity contribution is -0.130. The summed E-state index contributed by atoms with van der Waals surface area (Å²) >= 11 is 1.30. The molecule has 8 heteroatoms. The molecular weight excluding hydrogens is 394 g/mol. The van der Waals surface area contributed by atoms with Crippen LogP contribution in [0.5, 0.6) is 0 Å². The normalized spacial score (nSPS) is 18.1. The molecular formula is C20H25N3O3S2. The molecule has 0 N–H and O–H groups in total. The average molecular weight is 420 g/mol. The van der Waals surface area contributed by atoms with Gasteiger partial charge in [0.1, 0.15) is 0 Å². The van der Waals surface area contributed by atoms with Crippen LogP contribution < -0.4 is 0 Å². The Balaban J connectivity index is 1.70. The van der Waals surface area contributed by atoms with Gasteiger partial charge in [-0.25, -0.2) is 18.4 Å². The van der Waals surface area contributed by atoms with Crippen molar-refractivity contribution in [3.05, 3.63) is 42.1 Å². The van der Waals surface area contributed by atoms with Crippen molar-refractivity contribution in [1.82, 2.24) is 14.9 Å². The quantitative estimate of drug-likeness (QED) is 0.507. The van der Waals surface area contributed by atoms with Crippen LogP contribution in [0, 0.1) is 6.92 Å². The smallest absolute Gasteiger partial charge is 0.233 e. The number of carbonyl (C=O) groups is 1. The standard InChI is InChI=1S/C20H25N3O3S2/c1-3-10-23(17-9-11-28(25,26)14-17)19(24)13-27-20-21-15(2)12-18(22-20)16-7-5-4-6-8-16/h4-8,12,17H,3,9-11,13-14H2,1-2H3/t17-/m1/s1. The van der Waals surface area contributed by atoms with Crippen LogP contribution in [-0.4, -0.2) is 59.0 Å². The van der Waals surface area contributed by atoms with E-state index in [1.165, 1.54) is 11.8 Å². The largest absolute Gasteiger partial charge is 0.338 e. The summed E-state index contributed by atoms with van der Waals surface area (Å²) in [6.07, 6.45) is 1.32. The van der Waals surface area contributed by atoms with Crippen molar-refractivity contribution in [2.45, 2.75) is 37.9 Å². The molecule has 28 heavy (non-hydrogen) atoms. The minimum atomic E-state index is -3.03. The number of carbonyl (C=O) groups excluding carboxylic acids is 1. The molecule has 1 atom stereocenters. The zero-order valence-corrected chi connectivity index (χ0v) is 17.8. The maximum Gasteiger partial charge on any atom is 0.233 e. The molecule has 1 amide bonds. The van der Waals surface area contributed by atoms with E-state index in [0.29, 0.717) is 18.1 Å². The van der Waals surface area contributed by atoms with E-state index in [2.05, 4.69) is 9.97 Å². The summed E-state index contributed by atoms with van der Waals surface area (Å²) in [5.74, 6) is 0.386. The van der Waals surface area contributed by atoms with Gasteiger partial charge in [0.25, 0.3) is 0 Å². The van der Waals surface area contributed by atoms with Gasteiger partial charge in [-0.05, 0) is 25.8 Å². The van der Waals surface area contributed by atoms with Gasteiger partial charge in [-0.15, -0.1) is 0 Å². The highest BCUT2D eigenvalue weighted by Crippen LogP contribution is 2.23. The van der Waals surface area contributed by atoms with Crippen molar-refractivity contribution in [3.8, 4) is 11.3 Å². The Labute approximate surface area is 170 Å². The predicted molar refractivity (Wildman–Crippen MR) is 112 cm³/mol. The molecule has 0 unspecified atom stereocenters. The first-order valence-corrected chi connectivity index (χ1v) is 12.2. The number of thioether (sulfide) groups is 1. The number of benzene rings is 1. The first-order chi connectivity index (χ1) is 13.4. The van der Waals surface area contributed by atoms with Crippen molar-refractivity contribution in [1.29, 1.82) is 0 Å². The van der Waals surface area contributed by atoms with E-state index < -0.39 is 9.84 Å². The number of sulfone groups is 1. The van der Waals surface area contributed by atoms with Crippen LogP contribution >= 0.6 is 11.8 Å². The molecule has 1 aliphatic heterocycles. The highest BCUT2D eigenvalue weighted by molar-refractivity contribution is 7.99. The Kier molecular flexibility index (Phi) is 6.72. The second-order valence-corrected chi connectivity index (χ2v) is 10.1. The number of rotatable bonds is 7. The van der Waals surface area contributed by atoms with Crippen LogP contribution in [0.2, 0.25) is 0 Å². The summed E-state index contributed by atoms with van der Waals surface area (Å²) < 4.78 is 23.6. The van der Waals surface area contributed by atoms with Gasteiger partial charge >= 0.3 is 0 Å². The Morgan fingerprint density at radius 1 is 1.25 bits per heavy atom. The van der Waals surface area contributed by atoms with Crippen molar-refractivity contribution in [2.24, 2.45) is 0 Å². The number of amides is 1. The Bertz CT molecular complexity index is 933. The highest BCUT2D eigenvalue weighted by Gasteiger charge is 2.34. The van der Waals surface area contributed by atoms with Crippen molar-refractivity contribution < 1.29 is 13.2 Å². The van der Waals surface area contributed by atoms with Gasteiger partial charge in [-0.1, -0.05) is 49.0 Å². The molecule has 1 aromatic heterocycles. The summed E-state index contributed by atoms with van der Waals surface area (Å²) in [6.45, 7) is 4.48. The van der Waals surface area contributed by atoms with Crippen molar-refractivity contribution >= 4 is 27.5 Å². The molecule has 2 aromatic rings. The summed E-state index contributed by atoms with van der Waals surface area (Å²) in [7, 11) is -3.03. The van der Waals surface area contributed by atoms with Crippen molar-refractivity contribution in [2.75, 3.05) is 23.8 Å². The van der Waals surface area contributed by atoms with Crippen LogP contribution in [0.15, 0.2) is 41.6 Å². The van der Waals surface area contributed by atoms with Gasteiger partial charge in [0.15, 0.2) is 15.0 Å². The van der Waals surface area contributed by atoms with Gasteiger partial charge in [-0.3, -0.25) is 4.79 Å². The fourth-order valence-electron chi connectivity index (χ4n) is 3.34. The molecule has 1 fully saturated rings. The van der Waals surface area contributed by atoms with Gasteiger partial charge in [0.2, 0.25) is 5.91 Å². The van der Waals surface area contributed by atoms with Crippen molar-refractivity contribution in [3.63, 3.8) is 0 Å². The fourth-order valence-corrected chi connectivity index (χ4v) is 5.87. The molecule has 0 bridgehead atoms. The lowest BCUT2D eigenvalue weighted by atomic mass is 10.1. The Hall–Kier alpha value is -1.93. The SMILES string of the molecule is CCCN(C(=O)CSc1nc(C)cc(-c2ccccc2)n1)[C@@H]1CCS(=O)(=O)C1. The third-order valence-corrected chi connectivity index (χ3v) is 7.24. The second kappa shape index (κ2) is 9.05. The third-order valence-electron chi connectivity index (χ3n) is 4.66. The van der Waals surface area contributed by atoms with Crippen LogP contribution in [0.4, 0.5) is 0 Å². The molecule has 1 aromatic carbocycles. The van der Waals surface area contributed by atoms with E-state index in [0.717, 1.165) is 23.4 Å². The molecule has 1 aliphatic rings. The highest BCUT2D eigenvalue weighted by atomic mass is 32.2. The van der Waals surface area contributed by atoms with E-state index in [1.807, 2.05) is 50.2 Å². The van der Waals surface area contributed by atoms with E-state index in [9.17, 15) is 13.2 Å². The topological polar surface area (TPSA) is 80.2 Å². The maximum atomic E-state index is 12.8. The van der Waals surface area contributed by atoms with Gasteiger partial charge in [-0.2, -0.15) is 0 Å². The monoisotopic (exact) mass is 419 g/mol. The van der Waals surface area contributed by atoms with Gasteiger partial charge < -0.3 is 4.90 Å². The number of hydrogen-bond donors (Lipinski definition) is 0. The molecule has 0 spiro atoms. The lowest BCUT2D eigenvalue weighted by Crippen LogP contribution is -2.42. The zero-order chi connectivity index (χ0) is 20.1. The summed E-state index contributed by atoms with van der Waals surface area (Å²) in [4.78, 5) is 23.6. The maximum absolute atomic E-state index is 12.8. The number of hydrogen-bond acceptors (Lipinski definition) is 6. The van der Waals surface area contributed by atoms with Crippen LogP contribution in [0.25, 0.3) is 11.3 Å². The van der Waals surface area contributed by atoms with E-state index in [4.69, 9.17) is 0 Å². The molecule has 0 aliphatic carbocycles. The Morgan fingerprint density at radius 3 is 2.64 bits per heavy atom. The molecule has 2 heterocycles. The van der Waals surface area contributed by atoms with E-state index in [-0.39, 0.29) is 29.2 Å². The average Bonchev–Trinajstić information content (AvgIpc) is 3.04. The number of aromatic nitrogens is 2. The van der Waals surface area contributed by atoms with Gasteiger partial charge in [0, 0.05) is 23.8 Å². The molecule has 1 saturated heterocycles. The predicted octanol–water partition coefficient (Wildman–Crippen LogP) is 2.97. The van der Waals surface area contributed by atoms with E-state index >= 15 is 0 Å². The molecule has 6 nitrogen and oxygen atoms in total. The first kappa shape index (κ1) is 20.8.